The van der Waals surface area contributed by atoms with Gasteiger partial charge in [-0.1, -0.05) is 41.7 Å². The van der Waals surface area contributed by atoms with Crippen molar-refractivity contribution in [2.45, 2.75) is 29.0 Å². The molecular formula is C23H21ClN4S3. The van der Waals surface area contributed by atoms with Gasteiger partial charge in [-0.05, 0) is 54.8 Å². The zero-order valence-electron chi connectivity index (χ0n) is 16.8. The van der Waals surface area contributed by atoms with Crippen LogP contribution >= 0.6 is 46.6 Å². The van der Waals surface area contributed by atoms with Crippen LogP contribution in [0.5, 0.6) is 0 Å². The smallest absolute Gasteiger partial charge is 0.123 e. The minimum atomic E-state index is -0.127. The first kappa shape index (κ1) is 21.1. The van der Waals surface area contributed by atoms with E-state index in [0.29, 0.717) is 16.1 Å². The Bertz CT molecular complexity index is 1240. The van der Waals surface area contributed by atoms with Crippen LogP contribution in [0.25, 0.3) is 21.3 Å². The highest BCUT2D eigenvalue weighted by atomic mass is 35.5. The number of nitrogen functional groups attached to an aromatic ring is 1. The van der Waals surface area contributed by atoms with Gasteiger partial charge in [0.15, 0.2) is 0 Å². The first-order valence-corrected chi connectivity index (χ1v) is 13.3. The fourth-order valence-electron chi connectivity index (χ4n) is 3.39. The van der Waals surface area contributed by atoms with Gasteiger partial charge in [0.1, 0.15) is 5.82 Å². The van der Waals surface area contributed by atoms with Crippen molar-refractivity contribution in [3.8, 4) is 11.3 Å². The predicted octanol–water partition coefficient (Wildman–Crippen LogP) is 6.81. The number of rotatable bonds is 7. The van der Waals surface area contributed by atoms with Gasteiger partial charge in [-0.2, -0.15) is 0 Å². The number of nitrogens with one attached hydrogen (secondary N) is 1. The fraction of sp³-hybridized carbons (Fsp3) is 0.217. The highest BCUT2D eigenvalue weighted by Crippen LogP contribution is 2.42. The standard InChI is InChI=1S/C23H21ClN4S3/c1-29-15-9-10-26-18(12-15)16-4-2-3-13-11-19(30-23(13)16)22(28-31-14-5-6-14)21-17(24)7-8-20(25)27-21/h2-4,7-12,14,22,28H,5-6H2,1H3,(H2,25,27). The number of nitrogens with zero attached hydrogens (tertiary/aromatic N) is 2. The van der Waals surface area contributed by atoms with Gasteiger partial charge in [0, 0.05) is 31.5 Å². The Kier molecular flexibility index (Phi) is 6.12. The number of thiophene rings is 1. The van der Waals surface area contributed by atoms with Crippen LogP contribution in [0.3, 0.4) is 0 Å². The lowest BCUT2D eigenvalue weighted by molar-refractivity contribution is 0.788. The molecule has 1 aliphatic rings. The largest absolute Gasteiger partial charge is 0.384 e. The average Bonchev–Trinajstić information content (AvgIpc) is 3.52. The molecule has 1 fully saturated rings. The van der Waals surface area contributed by atoms with Crippen molar-refractivity contribution < 1.29 is 0 Å². The number of anilines is 1. The van der Waals surface area contributed by atoms with E-state index in [1.54, 1.807) is 41.1 Å². The van der Waals surface area contributed by atoms with Gasteiger partial charge in [-0.15, -0.1) is 23.1 Å². The van der Waals surface area contributed by atoms with Crippen LogP contribution in [0.4, 0.5) is 5.82 Å². The molecule has 0 saturated heterocycles. The van der Waals surface area contributed by atoms with Gasteiger partial charge in [-0.3, -0.25) is 4.98 Å². The molecule has 4 aromatic rings. The third-order valence-corrected chi connectivity index (χ3v) is 8.61. The van der Waals surface area contributed by atoms with E-state index in [9.17, 15) is 0 Å². The molecule has 0 aliphatic heterocycles. The van der Waals surface area contributed by atoms with Crippen LogP contribution in [-0.2, 0) is 0 Å². The Morgan fingerprint density at radius 3 is 2.87 bits per heavy atom. The Morgan fingerprint density at radius 2 is 2.06 bits per heavy atom. The molecule has 158 valence electrons. The molecule has 5 rings (SSSR count). The summed E-state index contributed by atoms with van der Waals surface area (Å²) in [6.45, 7) is 0. The van der Waals surface area contributed by atoms with E-state index in [2.05, 4.69) is 51.3 Å². The molecule has 0 amide bonds. The molecule has 0 bridgehead atoms. The van der Waals surface area contributed by atoms with Crippen LogP contribution in [0, 0.1) is 0 Å². The van der Waals surface area contributed by atoms with Crippen molar-refractivity contribution in [3.05, 3.63) is 70.3 Å². The van der Waals surface area contributed by atoms with Gasteiger partial charge in [0.25, 0.3) is 0 Å². The minimum absolute atomic E-state index is 0.127. The van der Waals surface area contributed by atoms with E-state index in [0.717, 1.165) is 21.8 Å². The summed E-state index contributed by atoms with van der Waals surface area (Å²) in [6.07, 6.45) is 6.45. The number of halogens is 1. The first-order chi connectivity index (χ1) is 15.1. The summed E-state index contributed by atoms with van der Waals surface area (Å²) in [6, 6.07) is 16.2. The Morgan fingerprint density at radius 1 is 1.19 bits per heavy atom. The monoisotopic (exact) mass is 484 g/mol. The Balaban J connectivity index is 1.60. The molecule has 3 N–H and O–H groups in total. The van der Waals surface area contributed by atoms with E-state index < -0.39 is 0 Å². The summed E-state index contributed by atoms with van der Waals surface area (Å²) in [4.78, 5) is 11.6. The molecule has 3 heterocycles. The van der Waals surface area contributed by atoms with Crippen molar-refractivity contribution in [1.82, 2.24) is 14.7 Å². The van der Waals surface area contributed by atoms with Gasteiger partial charge >= 0.3 is 0 Å². The van der Waals surface area contributed by atoms with Crippen LogP contribution < -0.4 is 10.5 Å². The van der Waals surface area contributed by atoms with Crippen LogP contribution in [0.15, 0.2) is 59.6 Å². The lowest BCUT2D eigenvalue weighted by Crippen LogP contribution is -2.17. The number of thioether (sulfide) groups is 1. The zero-order valence-corrected chi connectivity index (χ0v) is 20.0. The predicted molar refractivity (Wildman–Crippen MR) is 136 cm³/mol. The molecule has 1 saturated carbocycles. The van der Waals surface area contributed by atoms with Crippen molar-refractivity contribution in [3.63, 3.8) is 0 Å². The summed E-state index contributed by atoms with van der Waals surface area (Å²) >= 11 is 11.8. The van der Waals surface area contributed by atoms with Gasteiger partial charge in [0.2, 0.25) is 0 Å². The van der Waals surface area contributed by atoms with Crippen molar-refractivity contribution in [2.24, 2.45) is 0 Å². The first-order valence-electron chi connectivity index (χ1n) is 9.98. The highest BCUT2D eigenvalue weighted by molar-refractivity contribution is 7.98. The highest BCUT2D eigenvalue weighted by Gasteiger charge is 2.27. The molecule has 1 unspecified atom stereocenters. The summed E-state index contributed by atoms with van der Waals surface area (Å²) in [5.41, 5.74) is 8.90. The molecule has 8 heteroatoms. The van der Waals surface area contributed by atoms with Crippen LogP contribution in [0.1, 0.15) is 29.5 Å². The maximum atomic E-state index is 6.56. The fourth-order valence-corrected chi connectivity index (χ4v) is 6.28. The second-order valence-corrected chi connectivity index (χ2v) is 10.9. The summed E-state index contributed by atoms with van der Waals surface area (Å²) < 4.78 is 4.84. The topological polar surface area (TPSA) is 63.8 Å². The van der Waals surface area contributed by atoms with E-state index in [-0.39, 0.29) is 6.04 Å². The SMILES string of the molecule is CSc1ccnc(-c2cccc3cc(C(NSC4CC4)c4nc(N)ccc4Cl)sc23)c1. The molecule has 4 nitrogen and oxygen atoms in total. The number of hydrogen-bond donors (Lipinski definition) is 2. The molecule has 1 atom stereocenters. The number of hydrogen-bond acceptors (Lipinski definition) is 7. The quantitative estimate of drug-likeness (QED) is 0.222. The second kappa shape index (κ2) is 9.00. The summed E-state index contributed by atoms with van der Waals surface area (Å²) in [5, 5.41) is 2.47. The zero-order chi connectivity index (χ0) is 21.4. The van der Waals surface area contributed by atoms with Gasteiger partial charge < -0.3 is 5.73 Å². The number of aromatic nitrogens is 2. The van der Waals surface area contributed by atoms with Crippen molar-refractivity contribution in [2.75, 3.05) is 12.0 Å². The third-order valence-electron chi connectivity index (χ3n) is 5.14. The lowest BCUT2D eigenvalue weighted by Gasteiger charge is -2.18. The number of pyridine rings is 2. The molecule has 0 spiro atoms. The van der Waals surface area contributed by atoms with Crippen molar-refractivity contribution >= 4 is 62.6 Å². The molecule has 31 heavy (non-hydrogen) atoms. The van der Waals surface area contributed by atoms with E-state index in [1.807, 2.05) is 18.3 Å². The third kappa shape index (κ3) is 4.56. The summed E-state index contributed by atoms with van der Waals surface area (Å²) in [7, 11) is 0. The minimum Gasteiger partial charge on any atom is -0.384 e. The number of benzene rings is 1. The average molecular weight is 485 g/mol. The van der Waals surface area contributed by atoms with E-state index in [4.69, 9.17) is 17.3 Å². The molecular weight excluding hydrogens is 464 g/mol. The van der Waals surface area contributed by atoms with E-state index in [1.165, 1.54) is 27.8 Å². The lowest BCUT2D eigenvalue weighted by atomic mass is 10.1. The Labute approximate surface area is 199 Å². The van der Waals surface area contributed by atoms with Gasteiger partial charge in [-0.25, -0.2) is 9.71 Å². The molecule has 1 aromatic carbocycles. The molecule has 0 radical (unpaired) electrons. The Hall–Kier alpha value is -1.77. The normalized spacial score (nSPS) is 14.8. The molecule has 1 aliphatic carbocycles. The maximum Gasteiger partial charge on any atom is 0.123 e. The van der Waals surface area contributed by atoms with E-state index >= 15 is 0 Å². The molecule has 3 aromatic heterocycles. The second-order valence-electron chi connectivity index (χ2n) is 7.42. The maximum absolute atomic E-state index is 6.56. The number of nitrogens with two attached hydrogens (primary N) is 1. The summed E-state index contributed by atoms with van der Waals surface area (Å²) in [5.74, 6) is 0.475. The van der Waals surface area contributed by atoms with Crippen molar-refractivity contribution in [1.29, 1.82) is 0 Å². The van der Waals surface area contributed by atoms with Crippen LogP contribution in [0.2, 0.25) is 5.02 Å². The van der Waals surface area contributed by atoms with Crippen LogP contribution in [-0.4, -0.2) is 21.5 Å². The number of fused-ring (bicyclic) bond motifs is 1. The van der Waals surface area contributed by atoms with Gasteiger partial charge in [0.05, 0.1) is 22.5 Å².